The number of carbonyl (C=O) groups excluding carboxylic acids is 1. The third-order valence-electron chi connectivity index (χ3n) is 2.62. The molecule has 0 radical (unpaired) electrons. The van der Waals surface area contributed by atoms with Crippen molar-refractivity contribution in [2.45, 2.75) is 39.7 Å². The fourth-order valence-corrected chi connectivity index (χ4v) is 2.38. The Morgan fingerprint density at radius 2 is 2.06 bits per heavy atom. The summed E-state index contributed by atoms with van der Waals surface area (Å²) in [5.41, 5.74) is 5.65. The van der Waals surface area contributed by atoms with E-state index in [0.717, 1.165) is 18.6 Å². The van der Waals surface area contributed by atoms with Gasteiger partial charge in [0, 0.05) is 18.3 Å². The van der Waals surface area contributed by atoms with Gasteiger partial charge in [0.05, 0.1) is 5.92 Å². The Morgan fingerprint density at radius 1 is 1.44 bits per heavy atom. The number of rotatable bonds is 8. The molecule has 0 bridgehead atoms. The molecule has 0 fully saturated rings. The van der Waals surface area contributed by atoms with Gasteiger partial charge in [-0.3, -0.25) is 4.79 Å². The second-order valence-electron chi connectivity index (χ2n) is 4.63. The summed E-state index contributed by atoms with van der Waals surface area (Å²) in [6.07, 6.45) is 3.91. The van der Waals surface area contributed by atoms with E-state index in [1.165, 1.54) is 0 Å². The first-order valence-corrected chi connectivity index (χ1v) is 7.43. The quantitative estimate of drug-likeness (QED) is 0.687. The predicted octanol–water partition coefficient (Wildman–Crippen LogP) is 1.87. The Balaban J connectivity index is 4.17. The molecular weight excluding hydrogens is 220 g/mol. The van der Waals surface area contributed by atoms with Crippen LogP contribution < -0.4 is 11.1 Å². The van der Waals surface area contributed by atoms with Gasteiger partial charge in [0.1, 0.15) is 0 Å². The highest BCUT2D eigenvalue weighted by molar-refractivity contribution is 7.98. The standard InChI is InChI=1S/C12H26N2OS/c1-5-11(8-16-4)14-12(15)10(7-13)6-9(2)3/h9-11H,5-8,13H2,1-4H3,(H,14,15). The van der Waals surface area contributed by atoms with Gasteiger partial charge < -0.3 is 11.1 Å². The normalized spacial score (nSPS) is 14.9. The molecular formula is C12H26N2OS. The van der Waals surface area contributed by atoms with Crippen LogP contribution in [-0.4, -0.2) is 30.5 Å². The maximum absolute atomic E-state index is 12.0. The van der Waals surface area contributed by atoms with Gasteiger partial charge >= 0.3 is 0 Å². The molecule has 0 aliphatic carbocycles. The minimum Gasteiger partial charge on any atom is -0.352 e. The second kappa shape index (κ2) is 8.88. The summed E-state index contributed by atoms with van der Waals surface area (Å²) in [6.45, 7) is 6.78. The van der Waals surface area contributed by atoms with Crippen LogP contribution in [-0.2, 0) is 4.79 Å². The summed E-state index contributed by atoms with van der Waals surface area (Å²) in [6, 6.07) is 0.281. The molecule has 0 aromatic carbocycles. The number of thioether (sulfide) groups is 1. The molecule has 0 spiro atoms. The summed E-state index contributed by atoms with van der Waals surface area (Å²) in [7, 11) is 0. The fraction of sp³-hybridized carbons (Fsp3) is 0.917. The average molecular weight is 246 g/mol. The van der Waals surface area contributed by atoms with Crippen LogP contribution in [0.5, 0.6) is 0 Å². The van der Waals surface area contributed by atoms with Gasteiger partial charge in [-0.2, -0.15) is 11.8 Å². The smallest absolute Gasteiger partial charge is 0.224 e. The zero-order valence-corrected chi connectivity index (χ0v) is 11.8. The first-order chi connectivity index (χ1) is 7.54. The zero-order valence-electron chi connectivity index (χ0n) is 11.0. The maximum Gasteiger partial charge on any atom is 0.224 e. The number of hydrogen-bond acceptors (Lipinski definition) is 3. The van der Waals surface area contributed by atoms with Gasteiger partial charge in [-0.1, -0.05) is 20.8 Å². The monoisotopic (exact) mass is 246 g/mol. The van der Waals surface area contributed by atoms with E-state index in [-0.39, 0.29) is 17.9 Å². The summed E-state index contributed by atoms with van der Waals surface area (Å²) in [4.78, 5) is 12.0. The highest BCUT2D eigenvalue weighted by atomic mass is 32.2. The largest absolute Gasteiger partial charge is 0.352 e. The van der Waals surface area contributed by atoms with E-state index >= 15 is 0 Å². The fourth-order valence-electron chi connectivity index (χ4n) is 1.66. The molecule has 0 saturated carbocycles. The zero-order chi connectivity index (χ0) is 12.6. The SMILES string of the molecule is CCC(CSC)NC(=O)C(CN)CC(C)C. The number of carbonyl (C=O) groups is 1. The number of hydrogen-bond donors (Lipinski definition) is 2. The third-order valence-corrected chi connectivity index (χ3v) is 3.35. The number of nitrogens with two attached hydrogens (primary N) is 1. The molecule has 0 saturated heterocycles. The van der Waals surface area contributed by atoms with Crippen molar-refractivity contribution >= 4 is 17.7 Å². The summed E-state index contributed by atoms with van der Waals surface area (Å²) < 4.78 is 0. The first-order valence-electron chi connectivity index (χ1n) is 6.04. The topological polar surface area (TPSA) is 55.1 Å². The summed E-state index contributed by atoms with van der Waals surface area (Å²) in [5.74, 6) is 1.58. The molecule has 2 unspecified atom stereocenters. The van der Waals surface area contributed by atoms with E-state index in [2.05, 4.69) is 32.3 Å². The van der Waals surface area contributed by atoms with Gasteiger partial charge in [0.25, 0.3) is 0 Å². The van der Waals surface area contributed by atoms with Crippen molar-refractivity contribution in [2.24, 2.45) is 17.6 Å². The van der Waals surface area contributed by atoms with E-state index in [9.17, 15) is 4.79 Å². The van der Waals surface area contributed by atoms with Crippen LogP contribution in [0.2, 0.25) is 0 Å². The van der Waals surface area contributed by atoms with Crippen LogP contribution in [0, 0.1) is 11.8 Å². The van der Waals surface area contributed by atoms with Gasteiger partial charge in [0.2, 0.25) is 5.91 Å². The van der Waals surface area contributed by atoms with Crippen molar-refractivity contribution < 1.29 is 4.79 Å². The van der Waals surface area contributed by atoms with Crippen molar-refractivity contribution in [1.82, 2.24) is 5.32 Å². The second-order valence-corrected chi connectivity index (χ2v) is 5.54. The highest BCUT2D eigenvalue weighted by Gasteiger charge is 2.20. The molecule has 1 amide bonds. The van der Waals surface area contributed by atoms with Gasteiger partial charge in [-0.05, 0) is 25.0 Å². The van der Waals surface area contributed by atoms with Crippen LogP contribution in [0.1, 0.15) is 33.6 Å². The maximum atomic E-state index is 12.0. The van der Waals surface area contributed by atoms with Crippen LogP contribution in [0.4, 0.5) is 0 Å². The van der Waals surface area contributed by atoms with Crippen molar-refractivity contribution in [3.8, 4) is 0 Å². The van der Waals surface area contributed by atoms with E-state index in [4.69, 9.17) is 5.73 Å². The summed E-state index contributed by atoms with van der Waals surface area (Å²) in [5, 5.41) is 3.08. The molecule has 0 aliphatic heterocycles. The number of nitrogens with one attached hydrogen (secondary N) is 1. The van der Waals surface area contributed by atoms with E-state index < -0.39 is 0 Å². The molecule has 0 aromatic rings. The lowest BCUT2D eigenvalue weighted by Gasteiger charge is -2.21. The molecule has 0 aromatic heterocycles. The molecule has 0 heterocycles. The Kier molecular flexibility index (Phi) is 8.76. The van der Waals surface area contributed by atoms with Gasteiger partial charge in [0.15, 0.2) is 0 Å². The Bertz CT molecular complexity index is 197. The number of amides is 1. The molecule has 4 heteroatoms. The van der Waals surface area contributed by atoms with Crippen molar-refractivity contribution in [2.75, 3.05) is 18.6 Å². The molecule has 96 valence electrons. The van der Waals surface area contributed by atoms with Crippen LogP contribution in [0.25, 0.3) is 0 Å². The summed E-state index contributed by atoms with van der Waals surface area (Å²) >= 11 is 1.76. The van der Waals surface area contributed by atoms with Gasteiger partial charge in [-0.15, -0.1) is 0 Å². The Morgan fingerprint density at radius 3 is 2.44 bits per heavy atom. The highest BCUT2D eigenvalue weighted by Crippen LogP contribution is 2.11. The molecule has 0 rings (SSSR count). The van der Waals surface area contributed by atoms with E-state index in [1.54, 1.807) is 11.8 Å². The lowest BCUT2D eigenvalue weighted by atomic mass is 9.96. The van der Waals surface area contributed by atoms with Crippen molar-refractivity contribution in [3.63, 3.8) is 0 Å². The predicted molar refractivity (Wildman–Crippen MR) is 72.6 cm³/mol. The van der Waals surface area contributed by atoms with Crippen molar-refractivity contribution in [1.29, 1.82) is 0 Å². The van der Waals surface area contributed by atoms with Crippen molar-refractivity contribution in [3.05, 3.63) is 0 Å². The minimum atomic E-state index is -0.0316. The molecule has 0 aliphatic rings. The molecule has 16 heavy (non-hydrogen) atoms. The minimum absolute atomic E-state index is 0.0316. The lowest BCUT2D eigenvalue weighted by Crippen LogP contribution is -2.42. The van der Waals surface area contributed by atoms with Crippen LogP contribution >= 0.6 is 11.8 Å². The average Bonchev–Trinajstić information content (AvgIpc) is 2.24. The Hall–Kier alpha value is -0.220. The molecule has 2 atom stereocenters. The molecule has 3 nitrogen and oxygen atoms in total. The third kappa shape index (κ3) is 6.38. The van der Waals surface area contributed by atoms with Crippen LogP contribution in [0.3, 0.4) is 0 Å². The van der Waals surface area contributed by atoms with E-state index in [1.807, 2.05) is 0 Å². The van der Waals surface area contributed by atoms with Crippen LogP contribution in [0.15, 0.2) is 0 Å². The Labute approximate surface area is 104 Å². The lowest BCUT2D eigenvalue weighted by molar-refractivity contribution is -0.125. The first kappa shape index (κ1) is 15.8. The van der Waals surface area contributed by atoms with Gasteiger partial charge in [-0.25, -0.2) is 0 Å². The molecule has 3 N–H and O–H groups in total. The van der Waals surface area contributed by atoms with E-state index in [0.29, 0.717) is 12.5 Å².